The van der Waals surface area contributed by atoms with Crippen LogP contribution in [0.25, 0.3) is 0 Å². The zero-order valence-electron chi connectivity index (χ0n) is 17.8. The minimum atomic E-state index is -1.28. The summed E-state index contributed by atoms with van der Waals surface area (Å²) >= 11 is 1.38. The predicted octanol–water partition coefficient (Wildman–Crippen LogP) is 4.56. The maximum absolute atomic E-state index is 14.0. The number of benzene rings is 3. The lowest BCUT2D eigenvalue weighted by Crippen LogP contribution is -2.50. The van der Waals surface area contributed by atoms with E-state index in [2.05, 4.69) is 0 Å². The van der Waals surface area contributed by atoms with Crippen LogP contribution in [-0.4, -0.2) is 36.1 Å². The molecule has 0 aliphatic carbocycles. The van der Waals surface area contributed by atoms with E-state index in [-0.39, 0.29) is 23.8 Å². The molecule has 0 saturated carbocycles. The molecule has 0 radical (unpaired) electrons. The summed E-state index contributed by atoms with van der Waals surface area (Å²) in [5.74, 6) is -0.429. The van der Waals surface area contributed by atoms with Gasteiger partial charge in [-0.1, -0.05) is 18.2 Å². The topological polar surface area (TPSA) is 49.9 Å². The fraction of sp³-hybridized carbons (Fsp3) is 0.200. The smallest absolute Gasteiger partial charge is 0.268 e. The minimum absolute atomic E-state index is 0.186. The summed E-state index contributed by atoms with van der Waals surface area (Å²) in [6, 6.07) is 16.8. The Balaban J connectivity index is 1.61. The van der Waals surface area contributed by atoms with Crippen molar-refractivity contribution in [2.75, 3.05) is 24.3 Å². The molecule has 0 aromatic heterocycles. The van der Waals surface area contributed by atoms with Gasteiger partial charge in [0.1, 0.15) is 17.4 Å². The van der Waals surface area contributed by atoms with Gasteiger partial charge < -0.3 is 14.5 Å². The average Bonchev–Trinajstić information content (AvgIpc) is 3.36. The van der Waals surface area contributed by atoms with Gasteiger partial charge in [-0.2, -0.15) is 0 Å². The lowest BCUT2D eigenvalue weighted by atomic mass is 10.0. The Hall–Kier alpha value is -3.39. The van der Waals surface area contributed by atoms with Crippen molar-refractivity contribution in [1.82, 2.24) is 4.90 Å². The lowest BCUT2D eigenvalue weighted by molar-refractivity contribution is -0.123. The van der Waals surface area contributed by atoms with Crippen molar-refractivity contribution < 1.29 is 23.1 Å². The number of fused-ring (bicyclic) bond motifs is 2. The van der Waals surface area contributed by atoms with E-state index in [0.717, 1.165) is 5.56 Å². The van der Waals surface area contributed by atoms with Gasteiger partial charge in [0, 0.05) is 23.4 Å². The third-order valence-corrected chi connectivity index (χ3v) is 7.39. The monoisotopic (exact) mass is 466 g/mol. The van der Waals surface area contributed by atoms with Crippen LogP contribution in [0, 0.1) is 11.6 Å². The number of anilines is 1. The zero-order valence-corrected chi connectivity index (χ0v) is 18.6. The molecule has 3 aromatic rings. The Morgan fingerprint density at radius 3 is 2.58 bits per heavy atom. The van der Waals surface area contributed by atoms with Gasteiger partial charge in [0.25, 0.3) is 11.8 Å². The van der Waals surface area contributed by atoms with Crippen molar-refractivity contribution in [1.29, 1.82) is 0 Å². The number of hydrogen-bond acceptors (Lipinski definition) is 4. The highest BCUT2D eigenvalue weighted by molar-refractivity contribution is 8.01. The molecule has 5 nitrogen and oxygen atoms in total. The first-order valence-electron chi connectivity index (χ1n) is 10.4. The molecule has 2 heterocycles. The number of methoxy groups -OCH3 is 1. The van der Waals surface area contributed by atoms with Gasteiger partial charge in [-0.15, -0.1) is 11.8 Å². The molecular weight excluding hydrogens is 446 g/mol. The molecule has 3 aromatic carbocycles. The molecule has 0 unspecified atom stereocenters. The Kier molecular flexibility index (Phi) is 5.32. The molecule has 0 bridgehead atoms. The first-order chi connectivity index (χ1) is 15.9. The normalized spacial score (nSPS) is 19.3. The van der Waals surface area contributed by atoms with Crippen LogP contribution < -0.4 is 9.64 Å². The largest absolute Gasteiger partial charge is 0.497 e. The number of carbonyl (C=O) groups is 2. The highest BCUT2D eigenvalue weighted by Gasteiger charge is 2.59. The van der Waals surface area contributed by atoms with Gasteiger partial charge in [0.2, 0.25) is 0 Å². The Bertz CT molecular complexity index is 1250. The third-order valence-electron chi connectivity index (χ3n) is 5.97. The molecule has 1 saturated heterocycles. The van der Waals surface area contributed by atoms with Crippen LogP contribution in [0.4, 0.5) is 14.5 Å². The van der Waals surface area contributed by atoms with Crippen LogP contribution >= 0.6 is 11.8 Å². The van der Waals surface area contributed by atoms with E-state index in [1.165, 1.54) is 47.0 Å². The van der Waals surface area contributed by atoms with Crippen molar-refractivity contribution in [2.24, 2.45) is 0 Å². The Morgan fingerprint density at radius 1 is 1.06 bits per heavy atom. The van der Waals surface area contributed by atoms with Gasteiger partial charge in [0.05, 0.1) is 19.3 Å². The van der Waals surface area contributed by atoms with E-state index in [1.807, 2.05) is 0 Å². The molecular formula is C25H20F2N2O3S. The minimum Gasteiger partial charge on any atom is -0.497 e. The van der Waals surface area contributed by atoms with Gasteiger partial charge in [0.15, 0.2) is 4.87 Å². The summed E-state index contributed by atoms with van der Waals surface area (Å²) in [4.78, 5) is 29.3. The second-order valence-corrected chi connectivity index (χ2v) is 9.15. The molecule has 5 rings (SSSR count). The van der Waals surface area contributed by atoms with E-state index in [1.54, 1.807) is 48.4 Å². The first-order valence-corrected chi connectivity index (χ1v) is 11.4. The van der Waals surface area contributed by atoms with Gasteiger partial charge >= 0.3 is 0 Å². The van der Waals surface area contributed by atoms with Gasteiger partial charge in [-0.25, -0.2) is 8.78 Å². The molecule has 0 N–H and O–H groups in total. The highest BCUT2D eigenvalue weighted by atomic mass is 32.2. The molecule has 1 atom stereocenters. The second-order valence-electron chi connectivity index (χ2n) is 7.86. The number of ether oxygens (including phenoxy) is 1. The summed E-state index contributed by atoms with van der Waals surface area (Å²) in [6.07, 6.45) is 0. The lowest BCUT2D eigenvalue weighted by Gasteiger charge is -2.33. The van der Waals surface area contributed by atoms with Crippen LogP contribution in [0.2, 0.25) is 0 Å². The number of halogens is 2. The van der Waals surface area contributed by atoms with Crippen molar-refractivity contribution >= 4 is 29.3 Å². The Labute approximate surface area is 193 Å². The number of hydrogen-bond donors (Lipinski definition) is 0. The van der Waals surface area contributed by atoms with Gasteiger partial charge in [-0.05, 0) is 54.1 Å². The SMILES string of the molecule is COc1ccc2c(c1)[C@]1(SCCN1C(=O)c1cccc(F)c1)C(=O)N2Cc1ccc(F)cc1. The van der Waals surface area contributed by atoms with Crippen molar-refractivity contribution in [3.63, 3.8) is 0 Å². The van der Waals surface area contributed by atoms with Gasteiger partial charge in [-0.3, -0.25) is 9.59 Å². The van der Waals surface area contributed by atoms with Crippen LogP contribution in [0.5, 0.6) is 5.75 Å². The number of carbonyl (C=O) groups excluding carboxylic acids is 2. The highest BCUT2D eigenvalue weighted by Crippen LogP contribution is 2.55. The van der Waals surface area contributed by atoms with E-state index >= 15 is 0 Å². The molecule has 168 valence electrons. The summed E-state index contributed by atoms with van der Waals surface area (Å²) in [5.41, 5.74) is 2.26. The number of nitrogens with zero attached hydrogens (tertiary/aromatic N) is 2. The summed E-state index contributed by atoms with van der Waals surface area (Å²) in [7, 11) is 1.54. The predicted molar refractivity (Wildman–Crippen MR) is 122 cm³/mol. The van der Waals surface area contributed by atoms with E-state index in [9.17, 15) is 18.4 Å². The van der Waals surface area contributed by atoms with Crippen molar-refractivity contribution in [3.05, 3.63) is 95.1 Å². The number of amides is 2. The molecule has 1 spiro atoms. The van der Waals surface area contributed by atoms with Crippen LogP contribution in [0.1, 0.15) is 21.5 Å². The standard InChI is InChI=1S/C25H20F2N2O3S/c1-32-20-9-10-22-21(14-20)25(24(31)28(22)15-16-5-7-18(26)8-6-16)29(11-12-33-25)23(30)17-3-2-4-19(27)13-17/h2-10,13-14H,11-12,15H2,1H3/t25-/m0/s1. The average molecular weight is 467 g/mol. The van der Waals surface area contributed by atoms with E-state index in [4.69, 9.17) is 4.74 Å². The number of rotatable bonds is 4. The molecule has 8 heteroatoms. The quantitative estimate of drug-likeness (QED) is 0.566. The zero-order chi connectivity index (χ0) is 23.2. The first kappa shape index (κ1) is 21.5. The van der Waals surface area contributed by atoms with Crippen LogP contribution in [-0.2, 0) is 16.2 Å². The second kappa shape index (κ2) is 8.19. The Morgan fingerprint density at radius 2 is 1.85 bits per heavy atom. The van der Waals surface area contributed by atoms with Crippen LogP contribution in [0.15, 0.2) is 66.7 Å². The van der Waals surface area contributed by atoms with Crippen LogP contribution in [0.3, 0.4) is 0 Å². The molecule has 2 aliphatic rings. The number of thioether (sulfide) groups is 1. The fourth-order valence-corrected chi connectivity index (χ4v) is 5.88. The third kappa shape index (κ3) is 3.45. The van der Waals surface area contributed by atoms with E-state index in [0.29, 0.717) is 29.3 Å². The molecule has 2 aliphatic heterocycles. The molecule has 1 fully saturated rings. The maximum atomic E-state index is 14.0. The molecule has 33 heavy (non-hydrogen) atoms. The van der Waals surface area contributed by atoms with Crippen molar-refractivity contribution in [2.45, 2.75) is 11.4 Å². The summed E-state index contributed by atoms with van der Waals surface area (Å²) in [5, 5.41) is 0. The fourth-order valence-electron chi connectivity index (χ4n) is 4.43. The maximum Gasteiger partial charge on any atom is 0.268 e. The summed E-state index contributed by atoms with van der Waals surface area (Å²) < 4.78 is 32.6. The molecule has 2 amide bonds. The van der Waals surface area contributed by atoms with E-state index < -0.39 is 16.6 Å². The van der Waals surface area contributed by atoms with Crippen molar-refractivity contribution in [3.8, 4) is 5.75 Å². The summed E-state index contributed by atoms with van der Waals surface area (Å²) in [6.45, 7) is 0.565.